The fourth-order valence-electron chi connectivity index (χ4n) is 2.65. The minimum absolute atomic E-state index is 0.212. The molecule has 0 aliphatic carbocycles. The van der Waals surface area contributed by atoms with Gasteiger partial charge < -0.3 is 0 Å². The van der Waals surface area contributed by atoms with E-state index >= 15 is 0 Å². The van der Waals surface area contributed by atoms with Crippen LogP contribution in [-0.2, 0) is 9.84 Å². The molecule has 23 heavy (non-hydrogen) atoms. The van der Waals surface area contributed by atoms with Crippen molar-refractivity contribution in [2.75, 3.05) is 5.75 Å². The number of hydrogen-bond acceptors (Lipinski definition) is 2. The Morgan fingerprint density at radius 1 is 0.913 bits per heavy atom. The molecule has 0 unspecified atom stereocenters. The fourth-order valence-corrected chi connectivity index (χ4v) is 4.28. The summed E-state index contributed by atoms with van der Waals surface area (Å²) in [5.41, 5.74) is 1.50. The monoisotopic (exact) mass is 334 g/mol. The zero-order chi connectivity index (χ0) is 17.1. The normalized spacial score (nSPS) is 11.3. The maximum absolute atomic E-state index is 12.6. The molecule has 0 aliphatic rings. The second-order valence-electron chi connectivity index (χ2n) is 6.00. The van der Waals surface area contributed by atoms with E-state index in [1.54, 1.807) is 24.3 Å². The van der Waals surface area contributed by atoms with Gasteiger partial charge in [0, 0.05) is 0 Å². The Bertz CT molecular complexity index is 600. The summed E-state index contributed by atoms with van der Waals surface area (Å²) in [7, 11) is -3.26. The molecule has 0 saturated heterocycles. The Labute approximate surface area is 142 Å². The molecule has 1 aromatic rings. The van der Waals surface area contributed by atoms with Crippen LogP contribution in [0.4, 0.5) is 0 Å². The molecular weight excluding hydrogens is 304 g/mol. The van der Waals surface area contributed by atoms with E-state index in [0.717, 1.165) is 24.8 Å². The van der Waals surface area contributed by atoms with Gasteiger partial charge in [-0.25, -0.2) is 8.42 Å². The summed E-state index contributed by atoms with van der Waals surface area (Å²) in [6, 6.07) is 5.36. The molecule has 0 aromatic heterocycles. The van der Waals surface area contributed by atoms with Crippen LogP contribution in [0, 0.1) is 0 Å². The van der Waals surface area contributed by atoms with Gasteiger partial charge in [-0.3, -0.25) is 0 Å². The summed E-state index contributed by atoms with van der Waals surface area (Å²) in [6.45, 7) is 9.63. The van der Waals surface area contributed by atoms with E-state index in [-0.39, 0.29) is 5.75 Å². The molecule has 0 heterocycles. The molecule has 0 radical (unpaired) electrons. The average Bonchev–Trinajstić information content (AvgIpc) is 2.56. The summed E-state index contributed by atoms with van der Waals surface area (Å²) in [5, 5.41) is 0. The molecule has 0 N–H and O–H groups in total. The lowest BCUT2D eigenvalue weighted by molar-refractivity contribution is 0.572. The lowest BCUT2D eigenvalue weighted by atomic mass is 10.1. The molecule has 0 atom stereocenters. The smallest absolute Gasteiger partial charge is 0.178 e. The summed E-state index contributed by atoms with van der Waals surface area (Å²) in [5.74, 6) is 0.212. The SMILES string of the molecule is C=Cc1ccc(C=C)c(S(=O)(=O)CCCCCCCCCC)c1. The standard InChI is InChI=1S/C20H30O2S/c1-4-7-8-9-10-11-12-13-16-23(21,22)20-17-18(5-2)14-15-19(20)6-3/h5-6,14-15,17H,2-4,7-13,16H2,1H3. The average molecular weight is 335 g/mol. The van der Waals surface area contributed by atoms with Crippen LogP contribution in [0.1, 0.15) is 69.4 Å². The molecule has 0 fully saturated rings. The van der Waals surface area contributed by atoms with Crippen LogP contribution >= 0.6 is 0 Å². The maximum atomic E-state index is 12.6. The van der Waals surface area contributed by atoms with Crippen LogP contribution in [0.3, 0.4) is 0 Å². The first-order valence-corrected chi connectivity index (χ1v) is 10.3. The Hall–Kier alpha value is -1.35. The first kappa shape index (κ1) is 19.7. The summed E-state index contributed by atoms with van der Waals surface area (Å²) >= 11 is 0. The van der Waals surface area contributed by atoms with Crippen LogP contribution in [-0.4, -0.2) is 14.2 Å². The van der Waals surface area contributed by atoms with E-state index < -0.39 is 9.84 Å². The van der Waals surface area contributed by atoms with Crippen molar-refractivity contribution < 1.29 is 8.42 Å². The van der Waals surface area contributed by atoms with Crippen LogP contribution in [0.25, 0.3) is 12.2 Å². The maximum Gasteiger partial charge on any atom is 0.178 e. The Balaban J connectivity index is 2.53. The van der Waals surface area contributed by atoms with Crippen molar-refractivity contribution in [2.45, 2.75) is 63.2 Å². The van der Waals surface area contributed by atoms with Gasteiger partial charge in [0.05, 0.1) is 10.6 Å². The Kier molecular flexibility index (Phi) is 8.93. The Morgan fingerprint density at radius 3 is 2.09 bits per heavy atom. The lowest BCUT2D eigenvalue weighted by Gasteiger charge is -2.09. The van der Waals surface area contributed by atoms with Crippen LogP contribution < -0.4 is 0 Å². The highest BCUT2D eigenvalue weighted by atomic mass is 32.2. The third-order valence-corrected chi connectivity index (χ3v) is 5.94. The molecule has 128 valence electrons. The zero-order valence-electron chi connectivity index (χ0n) is 14.4. The van der Waals surface area contributed by atoms with Crippen molar-refractivity contribution in [3.05, 3.63) is 42.5 Å². The second-order valence-corrected chi connectivity index (χ2v) is 8.08. The van der Waals surface area contributed by atoms with Gasteiger partial charge in [-0.15, -0.1) is 0 Å². The molecule has 3 heteroatoms. The Morgan fingerprint density at radius 2 is 1.52 bits per heavy atom. The van der Waals surface area contributed by atoms with E-state index in [1.807, 2.05) is 6.07 Å². The quantitative estimate of drug-likeness (QED) is 0.447. The first-order valence-electron chi connectivity index (χ1n) is 8.67. The third-order valence-electron chi connectivity index (χ3n) is 4.09. The predicted molar refractivity (Wildman–Crippen MR) is 101 cm³/mol. The van der Waals surface area contributed by atoms with Gasteiger partial charge in [0.2, 0.25) is 0 Å². The van der Waals surface area contributed by atoms with Gasteiger partial charge in [0.25, 0.3) is 0 Å². The highest BCUT2D eigenvalue weighted by molar-refractivity contribution is 7.91. The molecule has 0 amide bonds. The van der Waals surface area contributed by atoms with E-state index in [2.05, 4.69) is 20.1 Å². The topological polar surface area (TPSA) is 34.1 Å². The van der Waals surface area contributed by atoms with Gasteiger partial charge in [0.1, 0.15) is 0 Å². The van der Waals surface area contributed by atoms with Crippen molar-refractivity contribution in [1.29, 1.82) is 0 Å². The third kappa shape index (κ3) is 6.74. The van der Waals surface area contributed by atoms with Gasteiger partial charge in [-0.1, -0.05) is 89.3 Å². The van der Waals surface area contributed by atoms with E-state index in [9.17, 15) is 8.42 Å². The molecule has 0 spiro atoms. The predicted octanol–water partition coefficient (Wildman–Crippen LogP) is 5.89. The molecule has 0 saturated carbocycles. The van der Waals surface area contributed by atoms with Crippen molar-refractivity contribution in [3.63, 3.8) is 0 Å². The number of benzene rings is 1. The molecule has 1 aromatic carbocycles. The van der Waals surface area contributed by atoms with Crippen LogP contribution in [0.15, 0.2) is 36.3 Å². The summed E-state index contributed by atoms with van der Waals surface area (Å²) in [6.07, 6.45) is 12.4. The lowest BCUT2D eigenvalue weighted by Crippen LogP contribution is -2.09. The first-order chi connectivity index (χ1) is 11.0. The van der Waals surface area contributed by atoms with Gasteiger partial charge in [0.15, 0.2) is 9.84 Å². The van der Waals surface area contributed by atoms with Crippen LogP contribution in [0.5, 0.6) is 0 Å². The highest BCUT2D eigenvalue weighted by Crippen LogP contribution is 2.22. The highest BCUT2D eigenvalue weighted by Gasteiger charge is 2.17. The summed E-state index contributed by atoms with van der Waals surface area (Å²) < 4.78 is 25.1. The molecule has 0 bridgehead atoms. The van der Waals surface area contributed by atoms with Crippen LogP contribution in [0.2, 0.25) is 0 Å². The number of rotatable bonds is 12. The molecular formula is C20H30O2S. The van der Waals surface area contributed by atoms with Crippen molar-refractivity contribution in [1.82, 2.24) is 0 Å². The molecule has 0 aliphatic heterocycles. The number of hydrogen-bond donors (Lipinski definition) is 0. The van der Waals surface area contributed by atoms with E-state index in [0.29, 0.717) is 10.5 Å². The van der Waals surface area contributed by atoms with Gasteiger partial charge in [-0.05, 0) is 23.6 Å². The molecule has 2 nitrogen and oxygen atoms in total. The van der Waals surface area contributed by atoms with E-state index in [1.165, 1.54) is 32.1 Å². The second kappa shape index (κ2) is 10.4. The number of unbranched alkanes of at least 4 members (excludes halogenated alkanes) is 7. The largest absolute Gasteiger partial charge is 0.224 e. The summed E-state index contributed by atoms with van der Waals surface area (Å²) in [4.78, 5) is 0.382. The molecule has 1 rings (SSSR count). The number of sulfone groups is 1. The zero-order valence-corrected chi connectivity index (χ0v) is 15.2. The van der Waals surface area contributed by atoms with Gasteiger partial charge >= 0.3 is 0 Å². The minimum atomic E-state index is -3.26. The fraction of sp³-hybridized carbons (Fsp3) is 0.500. The van der Waals surface area contributed by atoms with Crippen molar-refractivity contribution >= 4 is 22.0 Å². The van der Waals surface area contributed by atoms with Gasteiger partial charge in [-0.2, -0.15) is 0 Å². The van der Waals surface area contributed by atoms with Crippen molar-refractivity contribution in [3.8, 4) is 0 Å². The van der Waals surface area contributed by atoms with E-state index in [4.69, 9.17) is 0 Å². The minimum Gasteiger partial charge on any atom is -0.224 e. The van der Waals surface area contributed by atoms with Crippen molar-refractivity contribution in [2.24, 2.45) is 0 Å².